The monoisotopic (exact) mass is 309 g/mol. The molecule has 0 aliphatic carbocycles. The summed E-state index contributed by atoms with van der Waals surface area (Å²) in [5, 5.41) is 15.2. The molecule has 112 valence electrons. The van der Waals surface area contributed by atoms with E-state index in [1.54, 1.807) is 12.4 Å². The van der Waals surface area contributed by atoms with Gasteiger partial charge in [0.15, 0.2) is 0 Å². The summed E-state index contributed by atoms with van der Waals surface area (Å²) in [6.07, 6.45) is 3.20. The maximum absolute atomic E-state index is 12.2. The van der Waals surface area contributed by atoms with Crippen LogP contribution in [0, 0.1) is 0 Å². The van der Waals surface area contributed by atoms with Crippen molar-refractivity contribution in [1.82, 2.24) is 14.5 Å². The zero-order valence-electron chi connectivity index (χ0n) is 11.4. The standard InChI is InChI=1S/C13H15N3O4S/c1-16(8-11-6-14-15-7-11)21(19,20)9-10-2-4-12(5-3-10)13(17)18/h2-7H,8-9H2,1H3,(H,14,15)(H,17,18). The third-order valence-corrected chi connectivity index (χ3v) is 4.76. The highest BCUT2D eigenvalue weighted by molar-refractivity contribution is 7.88. The highest BCUT2D eigenvalue weighted by atomic mass is 32.2. The van der Waals surface area contributed by atoms with Crippen molar-refractivity contribution in [3.05, 3.63) is 53.3 Å². The Morgan fingerprint density at radius 2 is 1.95 bits per heavy atom. The summed E-state index contributed by atoms with van der Waals surface area (Å²) in [5.41, 5.74) is 1.43. The van der Waals surface area contributed by atoms with E-state index in [1.165, 1.54) is 35.6 Å². The van der Waals surface area contributed by atoms with Crippen LogP contribution in [0.5, 0.6) is 0 Å². The van der Waals surface area contributed by atoms with Crippen molar-refractivity contribution in [2.75, 3.05) is 7.05 Å². The minimum absolute atomic E-state index is 0.128. The van der Waals surface area contributed by atoms with Gasteiger partial charge in [-0.25, -0.2) is 17.5 Å². The second-order valence-corrected chi connectivity index (χ2v) is 6.70. The lowest BCUT2D eigenvalue weighted by atomic mass is 10.1. The number of hydrogen-bond donors (Lipinski definition) is 2. The molecule has 8 heteroatoms. The summed E-state index contributed by atoms with van der Waals surface area (Å²) in [6, 6.07) is 5.80. The Morgan fingerprint density at radius 1 is 1.29 bits per heavy atom. The molecular weight excluding hydrogens is 294 g/mol. The Labute approximate surface area is 122 Å². The van der Waals surface area contributed by atoms with Crippen LogP contribution in [0.25, 0.3) is 0 Å². The smallest absolute Gasteiger partial charge is 0.335 e. The third kappa shape index (κ3) is 3.89. The Kier molecular flexibility index (Phi) is 4.39. The van der Waals surface area contributed by atoms with Crippen molar-refractivity contribution in [1.29, 1.82) is 0 Å². The fourth-order valence-electron chi connectivity index (χ4n) is 1.78. The van der Waals surface area contributed by atoms with E-state index in [9.17, 15) is 13.2 Å². The first kappa shape index (κ1) is 15.2. The van der Waals surface area contributed by atoms with Crippen molar-refractivity contribution in [3.8, 4) is 0 Å². The number of nitrogens with one attached hydrogen (secondary N) is 1. The predicted octanol–water partition coefficient (Wildman–Crippen LogP) is 1.07. The van der Waals surface area contributed by atoms with Gasteiger partial charge in [0.1, 0.15) is 0 Å². The van der Waals surface area contributed by atoms with Crippen molar-refractivity contribution >= 4 is 16.0 Å². The zero-order chi connectivity index (χ0) is 15.5. The van der Waals surface area contributed by atoms with Crippen LogP contribution in [0.2, 0.25) is 0 Å². The molecule has 1 aromatic heterocycles. The molecule has 1 heterocycles. The number of carboxylic acid groups (broad SMARTS) is 1. The van der Waals surface area contributed by atoms with Crippen molar-refractivity contribution in [2.45, 2.75) is 12.3 Å². The number of nitrogens with zero attached hydrogens (tertiary/aromatic N) is 2. The van der Waals surface area contributed by atoms with Crippen molar-refractivity contribution < 1.29 is 18.3 Å². The third-order valence-electron chi connectivity index (χ3n) is 2.98. The number of sulfonamides is 1. The van der Waals surface area contributed by atoms with Crippen LogP contribution in [-0.4, -0.2) is 41.0 Å². The van der Waals surface area contributed by atoms with Gasteiger partial charge in [-0.3, -0.25) is 5.10 Å². The van der Waals surface area contributed by atoms with Crippen LogP contribution in [0.1, 0.15) is 21.5 Å². The van der Waals surface area contributed by atoms with Crippen molar-refractivity contribution in [3.63, 3.8) is 0 Å². The van der Waals surface area contributed by atoms with E-state index >= 15 is 0 Å². The first-order chi connectivity index (χ1) is 9.88. The van der Waals surface area contributed by atoms with Crippen LogP contribution in [0.3, 0.4) is 0 Å². The molecule has 0 amide bonds. The van der Waals surface area contributed by atoms with Crippen molar-refractivity contribution in [2.24, 2.45) is 0 Å². The number of carbonyl (C=O) groups is 1. The maximum Gasteiger partial charge on any atom is 0.335 e. The lowest BCUT2D eigenvalue weighted by Crippen LogP contribution is -2.27. The Morgan fingerprint density at radius 3 is 2.48 bits per heavy atom. The van der Waals surface area contributed by atoms with E-state index in [-0.39, 0.29) is 17.9 Å². The second-order valence-electron chi connectivity index (χ2n) is 4.62. The number of benzene rings is 1. The first-order valence-electron chi connectivity index (χ1n) is 6.12. The van der Waals surface area contributed by atoms with Gasteiger partial charge in [-0.1, -0.05) is 12.1 Å². The lowest BCUT2D eigenvalue weighted by Gasteiger charge is -2.16. The molecule has 2 N–H and O–H groups in total. The number of H-pyrrole nitrogens is 1. The quantitative estimate of drug-likeness (QED) is 0.830. The fourth-order valence-corrected chi connectivity index (χ4v) is 2.96. The average molecular weight is 309 g/mol. The highest BCUT2D eigenvalue weighted by Crippen LogP contribution is 2.13. The van der Waals surface area contributed by atoms with Gasteiger partial charge >= 0.3 is 5.97 Å². The van der Waals surface area contributed by atoms with E-state index in [1.807, 2.05) is 0 Å². The Balaban J connectivity index is 2.07. The molecule has 0 unspecified atom stereocenters. The average Bonchev–Trinajstić information content (AvgIpc) is 2.91. The Bertz CT molecular complexity index is 708. The highest BCUT2D eigenvalue weighted by Gasteiger charge is 2.19. The first-order valence-corrected chi connectivity index (χ1v) is 7.73. The lowest BCUT2D eigenvalue weighted by molar-refractivity contribution is 0.0697. The molecule has 0 aliphatic heterocycles. The number of hydrogen-bond acceptors (Lipinski definition) is 4. The van der Waals surface area contributed by atoms with E-state index in [4.69, 9.17) is 5.11 Å². The normalized spacial score (nSPS) is 11.7. The number of aromatic nitrogens is 2. The number of aromatic amines is 1. The summed E-state index contributed by atoms with van der Waals surface area (Å²) in [7, 11) is -1.98. The van der Waals surface area contributed by atoms with Gasteiger partial charge in [-0.05, 0) is 17.7 Å². The van der Waals surface area contributed by atoms with Gasteiger partial charge < -0.3 is 5.11 Å². The molecule has 0 spiro atoms. The molecule has 0 radical (unpaired) electrons. The maximum atomic E-state index is 12.2. The molecule has 0 bridgehead atoms. The van der Waals surface area contributed by atoms with Crippen LogP contribution < -0.4 is 0 Å². The van der Waals surface area contributed by atoms with Gasteiger partial charge in [0.2, 0.25) is 10.0 Å². The van der Waals surface area contributed by atoms with Gasteiger partial charge in [0.05, 0.1) is 17.5 Å². The molecule has 1 aromatic carbocycles. The molecule has 0 aliphatic rings. The Hall–Kier alpha value is -2.19. The molecule has 2 aromatic rings. The number of carboxylic acids is 1. The number of rotatable bonds is 6. The van der Waals surface area contributed by atoms with Crippen LogP contribution in [-0.2, 0) is 22.3 Å². The molecule has 0 saturated carbocycles. The summed E-state index contributed by atoms with van der Waals surface area (Å²) in [5.74, 6) is -1.22. The van der Waals surface area contributed by atoms with E-state index in [2.05, 4.69) is 10.2 Å². The fraction of sp³-hybridized carbons (Fsp3) is 0.231. The summed E-state index contributed by atoms with van der Waals surface area (Å²) in [6.45, 7) is 0.228. The number of aromatic carboxylic acids is 1. The van der Waals surface area contributed by atoms with Gasteiger partial charge in [0, 0.05) is 25.4 Å². The van der Waals surface area contributed by atoms with Crippen LogP contribution in [0.15, 0.2) is 36.7 Å². The van der Waals surface area contributed by atoms with E-state index in [0.29, 0.717) is 5.56 Å². The zero-order valence-corrected chi connectivity index (χ0v) is 12.2. The van der Waals surface area contributed by atoms with Gasteiger partial charge in [-0.2, -0.15) is 5.10 Å². The predicted molar refractivity (Wildman–Crippen MR) is 76.1 cm³/mol. The SMILES string of the molecule is CN(Cc1cn[nH]c1)S(=O)(=O)Cc1ccc(C(=O)O)cc1. The second kappa shape index (κ2) is 6.06. The molecule has 2 rings (SSSR count). The molecule has 0 saturated heterocycles. The summed E-state index contributed by atoms with van der Waals surface area (Å²) < 4.78 is 25.7. The van der Waals surface area contributed by atoms with Gasteiger partial charge in [-0.15, -0.1) is 0 Å². The minimum Gasteiger partial charge on any atom is -0.478 e. The summed E-state index contributed by atoms with van der Waals surface area (Å²) in [4.78, 5) is 10.7. The van der Waals surface area contributed by atoms with E-state index < -0.39 is 16.0 Å². The van der Waals surface area contributed by atoms with Gasteiger partial charge in [0.25, 0.3) is 0 Å². The van der Waals surface area contributed by atoms with E-state index in [0.717, 1.165) is 5.56 Å². The minimum atomic E-state index is -3.48. The topological polar surface area (TPSA) is 103 Å². The molecular formula is C13H15N3O4S. The molecule has 7 nitrogen and oxygen atoms in total. The van der Waals surface area contributed by atoms with Crippen LogP contribution >= 0.6 is 0 Å². The molecule has 0 fully saturated rings. The molecule has 21 heavy (non-hydrogen) atoms. The van der Waals surface area contributed by atoms with Crippen LogP contribution in [0.4, 0.5) is 0 Å². The summed E-state index contributed by atoms with van der Waals surface area (Å²) >= 11 is 0. The largest absolute Gasteiger partial charge is 0.478 e. The molecule has 0 atom stereocenters.